The van der Waals surface area contributed by atoms with Crippen LogP contribution in [-0.4, -0.2) is 29.5 Å². The third-order valence-corrected chi connectivity index (χ3v) is 3.13. The summed E-state index contributed by atoms with van der Waals surface area (Å²) in [5, 5.41) is 4.50. The average molecular weight is 276 g/mol. The molecule has 1 N–H and O–H groups in total. The number of alkyl halides is 2. The molecule has 0 atom stereocenters. The molecule has 1 aliphatic rings. The van der Waals surface area contributed by atoms with E-state index in [1.54, 1.807) is 0 Å². The summed E-state index contributed by atoms with van der Waals surface area (Å²) in [7, 11) is 0. The number of carboxylic acid groups (broad SMARTS) is 1. The quantitative estimate of drug-likeness (QED) is 0.860. The van der Waals surface area contributed by atoms with Gasteiger partial charge in [-0.1, -0.05) is 0 Å². The Hall–Kier alpha value is -1.50. The highest BCUT2D eigenvalue weighted by molar-refractivity contribution is 8.01. The van der Waals surface area contributed by atoms with Crippen molar-refractivity contribution in [3.05, 3.63) is 18.2 Å². The van der Waals surface area contributed by atoms with Crippen LogP contribution in [0.1, 0.15) is 6.42 Å². The molecule has 0 spiro atoms. The second-order valence-electron chi connectivity index (χ2n) is 3.58. The second-order valence-corrected chi connectivity index (χ2v) is 4.77. The highest BCUT2D eigenvalue weighted by Gasteiger charge is 2.40. The molecule has 0 fully saturated rings. The fourth-order valence-electron chi connectivity index (χ4n) is 1.40. The number of hydrogen-bond donors (Lipinski definition) is 1. The second kappa shape index (κ2) is 5.01. The van der Waals surface area contributed by atoms with Gasteiger partial charge in [-0.2, -0.15) is 8.78 Å². The molecule has 98 valence electrons. The van der Waals surface area contributed by atoms with Crippen LogP contribution < -0.4 is 9.47 Å². The zero-order chi connectivity index (χ0) is 13.2. The summed E-state index contributed by atoms with van der Waals surface area (Å²) >= 11 is -0.0348. The Kier molecular flexibility index (Phi) is 3.60. The maximum Gasteiger partial charge on any atom is 0.393 e. The lowest BCUT2D eigenvalue weighted by Crippen LogP contribution is -2.23. The van der Waals surface area contributed by atoms with Crippen molar-refractivity contribution in [3.63, 3.8) is 0 Å². The van der Waals surface area contributed by atoms with E-state index in [1.807, 2.05) is 0 Å². The first kappa shape index (κ1) is 12.9. The Bertz CT molecular complexity index is 464. The van der Waals surface area contributed by atoms with E-state index in [0.29, 0.717) is 31.1 Å². The smallest absolute Gasteiger partial charge is 0.393 e. The largest absolute Gasteiger partial charge is 0.490 e. The minimum absolute atomic E-state index is 0.0348. The van der Waals surface area contributed by atoms with Crippen LogP contribution >= 0.6 is 11.8 Å². The fourth-order valence-corrected chi connectivity index (χ4v) is 2.08. The SMILES string of the molecule is O=C(O)C(F)(F)Sc1ccc2c(c1)OCCCO2. The molecule has 2 rings (SSSR count). The van der Waals surface area contributed by atoms with Gasteiger partial charge in [-0.15, -0.1) is 0 Å². The van der Waals surface area contributed by atoms with Crippen LogP contribution in [-0.2, 0) is 4.79 Å². The van der Waals surface area contributed by atoms with Gasteiger partial charge in [0.1, 0.15) is 0 Å². The zero-order valence-corrected chi connectivity index (χ0v) is 10.0. The van der Waals surface area contributed by atoms with Gasteiger partial charge in [-0.05, 0) is 30.0 Å². The summed E-state index contributed by atoms with van der Waals surface area (Å²) in [6, 6.07) is 4.25. The number of hydrogen-bond acceptors (Lipinski definition) is 4. The molecule has 0 bridgehead atoms. The van der Waals surface area contributed by atoms with Gasteiger partial charge < -0.3 is 14.6 Å². The van der Waals surface area contributed by atoms with E-state index in [4.69, 9.17) is 14.6 Å². The van der Waals surface area contributed by atoms with E-state index in [-0.39, 0.29) is 16.7 Å². The molecule has 0 aliphatic carbocycles. The van der Waals surface area contributed by atoms with Gasteiger partial charge >= 0.3 is 11.2 Å². The van der Waals surface area contributed by atoms with Crippen LogP contribution in [0.5, 0.6) is 11.5 Å². The lowest BCUT2D eigenvalue weighted by molar-refractivity contribution is -0.152. The van der Waals surface area contributed by atoms with Crippen molar-refractivity contribution in [3.8, 4) is 11.5 Å². The fraction of sp³-hybridized carbons (Fsp3) is 0.364. The van der Waals surface area contributed by atoms with E-state index in [0.717, 1.165) is 0 Å². The molecule has 0 amide bonds. The van der Waals surface area contributed by atoms with Crippen LogP contribution in [0.4, 0.5) is 8.78 Å². The number of benzene rings is 1. The molecule has 0 aromatic heterocycles. The molecular formula is C11H10F2O4S. The number of ether oxygens (including phenoxy) is 2. The molecule has 0 saturated heterocycles. The van der Waals surface area contributed by atoms with Crippen LogP contribution in [0.15, 0.2) is 23.1 Å². The van der Waals surface area contributed by atoms with Gasteiger partial charge in [0.15, 0.2) is 11.5 Å². The maximum atomic E-state index is 13.0. The van der Waals surface area contributed by atoms with Crippen molar-refractivity contribution in [1.82, 2.24) is 0 Å². The Morgan fingerprint density at radius 3 is 2.61 bits per heavy atom. The van der Waals surface area contributed by atoms with Gasteiger partial charge in [0.2, 0.25) is 0 Å². The maximum absolute atomic E-state index is 13.0. The molecule has 7 heteroatoms. The van der Waals surface area contributed by atoms with Crippen LogP contribution in [0.3, 0.4) is 0 Å². The lowest BCUT2D eigenvalue weighted by Gasteiger charge is -2.12. The number of rotatable bonds is 3. The van der Waals surface area contributed by atoms with E-state index in [9.17, 15) is 13.6 Å². The third kappa shape index (κ3) is 2.84. The molecule has 4 nitrogen and oxygen atoms in total. The lowest BCUT2D eigenvalue weighted by atomic mass is 10.3. The number of aliphatic carboxylic acids is 1. The van der Waals surface area contributed by atoms with E-state index in [1.165, 1.54) is 18.2 Å². The van der Waals surface area contributed by atoms with E-state index < -0.39 is 11.2 Å². The molecule has 18 heavy (non-hydrogen) atoms. The summed E-state index contributed by atoms with van der Waals surface area (Å²) in [6.45, 7) is 0.946. The van der Waals surface area contributed by atoms with Crippen LogP contribution in [0.25, 0.3) is 0 Å². The predicted molar refractivity (Wildman–Crippen MR) is 60.5 cm³/mol. The van der Waals surface area contributed by atoms with E-state index >= 15 is 0 Å². The van der Waals surface area contributed by atoms with Crippen molar-refractivity contribution in [1.29, 1.82) is 0 Å². The van der Waals surface area contributed by atoms with Gasteiger partial charge in [0.25, 0.3) is 0 Å². The topological polar surface area (TPSA) is 55.8 Å². The van der Waals surface area contributed by atoms with Gasteiger partial charge in [0.05, 0.1) is 13.2 Å². The van der Waals surface area contributed by atoms with Gasteiger partial charge in [-0.3, -0.25) is 0 Å². The number of halogens is 2. The summed E-state index contributed by atoms with van der Waals surface area (Å²) in [5.74, 6) is -1.33. The Morgan fingerprint density at radius 1 is 1.28 bits per heavy atom. The molecular weight excluding hydrogens is 266 g/mol. The first-order valence-corrected chi connectivity index (χ1v) is 6.00. The molecule has 1 heterocycles. The molecule has 0 radical (unpaired) electrons. The van der Waals surface area contributed by atoms with Gasteiger partial charge in [0, 0.05) is 11.3 Å². The zero-order valence-electron chi connectivity index (χ0n) is 9.19. The molecule has 0 unspecified atom stereocenters. The third-order valence-electron chi connectivity index (χ3n) is 2.21. The van der Waals surface area contributed by atoms with Gasteiger partial charge in [-0.25, -0.2) is 4.79 Å². The molecule has 1 aliphatic heterocycles. The minimum atomic E-state index is -3.86. The first-order valence-electron chi connectivity index (χ1n) is 5.19. The van der Waals surface area contributed by atoms with Crippen molar-refractivity contribution in [2.75, 3.05) is 13.2 Å². The standard InChI is InChI=1S/C11H10F2O4S/c12-11(13,10(14)15)18-7-2-3-8-9(6-7)17-5-1-4-16-8/h2-3,6H,1,4-5H2,(H,14,15). The minimum Gasteiger partial charge on any atom is -0.490 e. The average Bonchev–Trinajstić information content (AvgIpc) is 2.52. The first-order chi connectivity index (χ1) is 8.49. The summed E-state index contributed by atoms with van der Waals surface area (Å²) < 4.78 is 36.7. The Balaban J connectivity index is 2.21. The highest BCUT2D eigenvalue weighted by Crippen LogP contribution is 2.40. The number of carbonyl (C=O) groups is 1. The van der Waals surface area contributed by atoms with E-state index in [2.05, 4.69) is 0 Å². The van der Waals surface area contributed by atoms with Crippen LogP contribution in [0.2, 0.25) is 0 Å². The summed E-state index contributed by atoms with van der Waals surface area (Å²) in [6.07, 6.45) is 0.711. The van der Waals surface area contributed by atoms with Crippen molar-refractivity contribution in [2.45, 2.75) is 16.6 Å². The number of fused-ring (bicyclic) bond motifs is 1. The summed E-state index contributed by atoms with van der Waals surface area (Å²) in [5.41, 5.74) is 0. The molecule has 0 saturated carbocycles. The monoisotopic (exact) mass is 276 g/mol. The van der Waals surface area contributed by atoms with Crippen molar-refractivity contribution in [2.24, 2.45) is 0 Å². The van der Waals surface area contributed by atoms with Crippen molar-refractivity contribution >= 4 is 17.7 Å². The predicted octanol–water partition coefficient (Wildman–Crippen LogP) is 2.62. The highest BCUT2D eigenvalue weighted by atomic mass is 32.2. The normalized spacial score (nSPS) is 15.0. The molecule has 1 aromatic carbocycles. The Morgan fingerprint density at radius 2 is 1.94 bits per heavy atom. The number of thioether (sulfide) groups is 1. The molecule has 1 aromatic rings. The Labute approximate surface area is 106 Å². The number of carboxylic acids is 1. The summed E-state index contributed by atoms with van der Waals surface area (Å²) in [4.78, 5) is 10.5. The van der Waals surface area contributed by atoms with Crippen molar-refractivity contribution < 1.29 is 28.2 Å². The van der Waals surface area contributed by atoms with Crippen LogP contribution in [0, 0.1) is 0 Å².